The van der Waals surface area contributed by atoms with Crippen LogP contribution in [0.25, 0.3) is 0 Å². The number of thioether (sulfide) groups is 1. The molecule has 1 unspecified atom stereocenters. The van der Waals surface area contributed by atoms with Gasteiger partial charge in [-0.3, -0.25) is 4.79 Å². The summed E-state index contributed by atoms with van der Waals surface area (Å²) in [6, 6.07) is 8.58. The van der Waals surface area contributed by atoms with Crippen LogP contribution in [0, 0.1) is 6.92 Å². The number of carbonyl (C=O) groups is 1. The van der Waals surface area contributed by atoms with Crippen molar-refractivity contribution < 1.29 is 4.79 Å². The minimum Gasteiger partial charge on any atom is -0.325 e. The van der Waals surface area contributed by atoms with Crippen molar-refractivity contribution in [3.05, 3.63) is 29.8 Å². The molecule has 2 N–H and O–H groups in total. The second-order valence-corrected chi connectivity index (χ2v) is 6.51. The molecule has 0 bridgehead atoms. The van der Waals surface area contributed by atoms with Crippen LogP contribution < -0.4 is 10.6 Å². The quantitative estimate of drug-likeness (QED) is 0.791. The zero-order valence-corrected chi connectivity index (χ0v) is 13.0. The SMILES string of the molecule is Cc1cccc(NC(=O)CSCCC2CCCCN2)c1. The molecule has 1 amide bonds. The van der Waals surface area contributed by atoms with Crippen molar-refractivity contribution in [2.75, 3.05) is 23.4 Å². The molecular weight excluding hydrogens is 268 g/mol. The van der Waals surface area contributed by atoms with Gasteiger partial charge in [-0.25, -0.2) is 0 Å². The monoisotopic (exact) mass is 292 g/mol. The number of aryl methyl sites for hydroxylation is 1. The average Bonchev–Trinajstić information content (AvgIpc) is 2.45. The smallest absolute Gasteiger partial charge is 0.234 e. The summed E-state index contributed by atoms with van der Waals surface area (Å²) in [5.41, 5.74) is 2.06. The van der Waals surface area contributed by atoms with Crippen LogP contribution >= 0.6 is 11.8 Å². The molecule has 0 saturated carbocycles. The summed E-state index contributed by atoms with van der Waals surface area (Å²) < 4.78 is 0. The summed E-state index contributed by atoms with van der Waals surface area (Å²) in [6.45, 7) is 3.19. The number of rotatable bonds is 6. The van der Waals surface area contributed by atoms with E-state index in [1.54, 1.807) is 11.8 Å². The van der Waals surface area contributed by atoms with Gasteiger partial charge in [-0.15, -0.1) is 0 Å². The molecule has 1 aromatic rings. The molecule has 1 aliphatic rings. The molecule has 1 fully saturated rings. The number of amides is 1. The third-order valence-corrected chi connectivity index (χ3v) is 4.55. The van der Waals surface area contributed by atoms with E-state index in [1.807, 2.05) is 31.2 Å². The van der Waals surface area contributed by atoms with Crippen molar-refractivity contribution >= 4 is 23.4 Å². The van der Waals surface area contributed by atoms with E-state index in [1.165, 1.54) is 31.2 Å². The highest BCUT2D eigenvalue weighted by atomic mass is 32.2. The van der Waals surface area contributed by atoms with E-state index in [9.17, 15) is 4.79 Å². The Morgan fingerprint density at radius 1 is 1.45 bits per heavy atom. The molecule has 0 radical (unpaired) electrons. The maximum absolute atomic E-state index is 11.8. The summed E-state index contributed by atoms with van der Waals surface area (Å²) >= 11 is 1.73. The molecule has 1 saturated heterocycles. The number of piperidine rings is 1. The molecule has 110 valence electrons. The minimum absolute atomic E-state index is 0.0946. The van der Waals surface area contributed by atoms with Crippen LogP contribution in [0.1, 0.15) is 31.2 Å². The van der Waals surface area contributed by atoms with E-state index >= 15 is 0 Å². The van der Waals surface area contributed by atoms with Gasteiger partial charge in [-0.05, 0) is 56.2 Å². The molecule has 0 aliphatic carbocycles. The van der Waals surface area contributed by atoms with Crippen molar-refractivity contribution in [1.29, 1.82) is 0 Å². The molecule has 1 atom stereocenters. The first-order valence-electron chi connectivity index (χ1n) is 7.42. The topological polar surface area (TPSA) is 41.1 Å². The number of nitrogens with one attached hydrogen (secondary N) is 2. The number of carbonyl (C=O) groups excluding carboxylic acids is 1. The van der Waals surface area contributed by atoms with E-state index in [4.69, 9.17) is 0 Å². The van der Waals surface area contributed by atoms with Crippen molar-refractivity contribution in [3.8, 4) is 0 Å². The molecule has 20 heavy (non-hydrogen) atoms. The van der Waals surface area contributed by atoms with Gasteiger partial charge in [0, 0.05) is 11.7 Å². The van der Waals surface area contributed by atoms with Crippen molar-refractivity contribution in [3.63, 3.8) is 0 Å². The number of hydrogen-bond acceptors (Lipinski definition) is 3. The van der Waals surface area contributed by atoms with Crippen LogP contribution in [-0.2, 0) is 4.79 Å². The summed E-state index contributed by atoms with van der Waals surface area (Å²) in [7, 11) is 0. The van der Waals surface area contributed by atoms with Gasteiger partial charge in [0.2, 0.25) is 5.91 Å². The van der Waals surface area contributed by atoms with Crippen LogP contribution in [0.5, 0.6) is 0 Å². The normalized spacial score (nSPS) is 18.8. The van der Waals surface area contributed by atoms with Crippen LogP contribution in [0.15, 0.2) is 24.3 Å². The van der Waals surface area contributed by atoms with Crippen LogP contribution in [-0.4, -0.2) is 30.0 Å². The van der Waals surface area contributed by atoms with Gasteiger partial charge in [-0.2, -0.15) is 11.8 Å². The average molecular weight is 292 g/mol. The van der Waals surface area contributed by atoms with Gasteiger partial charge in [0.05, 0.1) is 5.75 Å². The van der Waals surface area contributed by atoms with Gasteiger partial charge in [0.1, 0.15) is 0 Å². The predicted molar refractivity (Wildman–Crippen MR) is 87.4 cm³/mol. The maximum atomic E-state index is 11.8. The van der Waals surface area contributed by atoms with Gasteiger partial charge >= 0.3 is 0 Å². The lowest BCUT2D eigenvalue weighted by molar-refractivity contribution is -0.113. The second-order valence-electron chi connectivity index (χ2n) is 5.41. The number of benzene rings is 1. The minimum atomic E-state index is 0.0946. The first kappa shape index (κ1) is 15.4. The lowest BCUT2D eigenvalue weighted by Gasteiger charge is -2.23. The molecule has 0 spiro atoms. The number of hydrogen-bond donors (Lipinski definition) is 2. The van der Waals surface area contributed by atoms with E-state index in [-0.39, 0.29) is 5.91 Å². The van der Waals surface area contributed by atoms with Crippen molar-refractivity contribution in [2.24, 2.45) is 0 Å². The molecular formula is C16H24N2OS. The largest absolute Gasteiger partial charge is 0.325 e. The Morgan fingerprint density at radius 3 is 3.10 bits per heavy atom. The van der Waals surface area contributed by atoms with Crippen molar-refractivity contribution in [2.45, 2.75) is 38.6 Å². The molecule has 4 heteroatoms. The Labute approximate surface area is 125 Å². The molecule has 1 aliphatic heterocycles. The third kappa shape index (κ3) is 5.55. The first-order valence-corrected chi connectivity index (χ1v) is 8.57. The van der Waals surface area contributed by atoms with Gasteiger partial charge < -0.3 is 10.6 Å². The summed E-state index contributed by atoms with van der Waals surface area (Å²) in [5, 5.41) is 6.49. The molecule has 2 rings (SSSR count). The van der Waals surface area contributed by atoms with E-state index < -0.39 is 0 Å². The Bertz CT molecular complexity index is 430. The Kier molecular flexibility index (Phi) is 6.40. The Hall–Kier alpha value is -1.00. The third-order valence-electron chi connectivity index (χ3n) is 3.56. The molecule has 1 heterocycles. The van der Waals surface area contributed by atoms with Gasteiger partial charge in [-0.1, -0.05) is 18.6 Å². The highest BCUT2D eigenvalue weighted by Crippen LogP contribution is 2.14. The number of anilines is 1. The Balaban J connectivity index is 1.60. The first-order chi connectivity index (χ1) is 9.74. The second kappa shape index (κ2) is 8.32. The highest BCUT2D eigenvalue weighted by molar-refractivity contribution is 7.99. The van der Waals surface area contributed by atoms with Gasteiger partial charge in [0.15, 0.2) is 0 Å². The van der Waals surface area contributed by atoms with E-state index in [0.29, 0.717) is 11.8 Å². The van der Waals surface area contributed by atoms with Gasteiger partial charge in [0.25, 0.3) is 0 Å². The molecule has 0 aromatic heterocycles. The summed E-state index contributed by atoms with van der Waals surface area (Å²) in [5.74, 6) is 1.69. The highest BCUT2D eigenvalue weighted by Gasteiger charge is 2.12. The lowest BCUT2D eigenvalue weighted by Crippen LogP contribution is -2.34. The fraction of sp³-hybridized carbons (Fsp3) is 0.562. The summed E-state index contributed by atoms with van der Waals surface area (Å²) in [6.07, 6.45) is 5.11. The fourth-order valence-corrected chi connectivity index (χ4v) is 3.33. The summed E-state index contributed by atoms with van der Waals surface area (Å²) in [4.78, 5) is 11.8. The molecule has 3 nitrogen and oxygen atoms in total. The zero-order valence-electron chi connectivity index (χ0n) is 12.2. The van der Waals surface area contributed by atoms with Crippen molar-refractivity contribution in [1.82, 2.24) is 5.32 Å². The maximum Gasteiger partial charge on any atom is 0.234 e. The van der Waals surface area contributed by atoms with Crippen LogP contribution in [0.2, 0.25) is 0 Å². The van der Waals surface area contributed by atoms with Crippen LogP contribution in [0.4, 0.5) is 5.69 Å². The lowest BCUT2D eigenvalue weighted by atomic mass is 10.0. The standard InChI is InChI=1S/C16H24N2OS/c1-13-5-4-7-15(11-13)18-16(19)12-20-10-8-14-6-2-3-9-17-14/h4-5,7,11,14,17H,2-3,6,8-10,12H2,1H3,(H,18,19). The zero-order chi connectivity index (χ0) is 14.2. The van der Waals surface area contributed by atoms with E-state index in [2.05, 4.69) is 10.6 Å². The fourth-order valence-electron chi connectivity index (χ4n) is 2.48. The van der Waals surface area contributed by atoms with Crippen LogP contribution in [0.3, 0.4) is 0 Å². The predicted octanol–water partition coefficient (Wildman–Crippen LogP) is 3.20. The molecule has 1 aromatic carbocycles. The van der Waals surface area contributed by atoms with E-state index in [0.717, 1.165) is 18.0 Å². The Morgan fingerprint density at radius 2 is 2.35 bits per heavy atom.